The molecule has 0 spiro atoms. The third-order valence-corrected chi connectivity index (χ3v) is 6.43. The van der Waals surface area contributed by atoms with E-state index in [0.717, 1.165) is 37.1 Å². The number of rotatable bonds is 7. The molecule has 2 aromatic heterocycles. The zero-order valence-electron chi connectivity index (χ0n) is 18.5. The summed E-state index contributed by atoms with van der Waals surface area (Å²) in [5.41, 5.74) is 0. The predicted octanol–water partition coefficient (Wildman–Crippen LogP) is 4.45. The van der Waals surface area contributed by atoms with E-state index in [2.05, 4.69) is 20.2 Å². The van der Waals surface area contributed by atoms with E-state index < -0.39 is 12.6 Å². The van der Waals surface area contributed by atoms with Crippen LogP contribution in [0.4, 0.5) is 19.0 Å². The van der Waals surface area contributed by atoms with Crippen LogP contribution in [-0.2, 0) is 16.0 Å². The Morgan fingerprint density at radius 1 is 1.31 bits per heavy atom. The summed E-state index contributed by atoms with van der Waals surface area (Å²) in [6, 6.07) is 1.37. The number of alkyl halides is 3. The lowest BCUT2D eigenvalue weighted by atomic mass is 10.0. The van der Waals surface area contributed by atoms with Crippen LogP contribution in [0.2, 0.25) is 0 Å². The maximum absolute atomic E-state index is 12.8. The van der Waals surface area contributed by atoms with Crippen LogP contribution in [0.25, 0.3) is 10.2 Å². The molecule has 2 atom stereocenters. The zero-order chi connectivity index (χ0) is 22.6. The lowest BCUT2D eigenvalue weighted by molar-refractivity contribution is -0.147. The van der Waals surface area contributed by atoms with Crippen molar-refractivity contribution in [3.8, 4) is 0 Å². The van der Waals surface area contributed by atoms with Crippen molar-refractivity contribution in [2.45, 2.75) is 64.7 Å². The predicted molar refractivity (Wildman–Crippen MR) is 126 cm³/mol. The van der Waals surface area contributed by atoms with Crippen LogP contribution in [-0.4, -0.2) is 53.9 Å². The minimum Gasteiger partial charge on any atom is -0.465 e. The second kappa shape index (κ2) is 11.5. The van der Waals surface area contributed by atoms with Crippen molar-refractivity contribution in [1.29, 1.82) is 0 Å². The number of nitrogens with one attached hydrogen (secondary N) is 1. The number of halogens is 3. The molecule has 0 aromatic carbocycles. The minimum atomic E-state index is -4.25. The van der Waals surface area contributed by atoms with Crippen molar-refractivity contribution < 1.29 is 22.7 Å². The van der Waals surface area contributed by atoms with E-state index >= 15 is 0 Å². The number of anilines is 1. The SMILES string of the molecule is CCOC(=O)[C@@H](NC1CCCN(c2ncnc3sc(CC(F)(F)F)cc23)CC1)C(C)C.S. The Hall–Kier alpha value is -1.59. The van der Waals surface area contributed by atoms with E-state index in [1.807, 2.05) is 13.8 Å². The van der Waals surface area contributed by atoms with Crippen molar-refractivity contribution in [2.75, 3.05) is 24.6 Å². The lowest BCUT2D eigenvalue weighted by Crippen LogP contribution is -2.47. The number of carbonyl (C=O) groups excluding carboxylic acids is 1. The molecule has 3 rings (SSSR count). The molecule has 32 heavy (non-hydrogen) atoms. The topological polar surface area (TPSA) is 67.3 Å². The second-order valence-corrected chi connectivity index (χ2v) is 9.29. The van der Waals surface area contributed by atoms with Gasteiger partial charge in [-0.3, -0.25) is 4.79 Å². The Bertz CT molecular complexity index is 892. The van der Waals surface area contributed by atoms with Crippen molar-refractivity contribution in [3.63, 3.8) is 0 Å². The molecule has 1 N–H and O–H groups in total. The summed E-state index contributed by atoms with van der Waals surface area (Å²) >= 11 is 1.07. The Labute approximate surface area is 197 Å². The van der Waals surface area contributed by atoms with Crippen molar-refractivity contribution in [2.24, 2.45) is 5.92 Å². The number of hydrogen-bond acceptors (Lipinski definition) is 7. The van der Waals surface area contributed by atoms with Gasteiger partial charge >= 0.3 is 12.1 Å². The highest BCUT2D eigenvalue weighted by Gasteiger charge is 2.30. The average Bonchev–Trinajstić information content (AvgIpc) is 2.93. The Morgan fingerprint density at radius 2 is 2.06 bits per heavy atom. The van der Waals surface area contributed by atoms with Gasteiger partial charge in [-0.05, 0) is 38.2 Å². The summed E-state index contributed by atoms with van der Waals surface area (Å²) in [5.74, 6) is 0.561. The fraction of sp³-hybridized carbons (Fsp3) is 0.667. The van der Waals surface area contributed by atoms with Gasteiger partial charge in [-0.25, -0.2) is 9.97 Å². The van der Waals surface area contributed by atoms with Gasteiger partial charge in [0.1, 0.15) is 23.0 Å². The molecular weight excluding hydrogens is 461 g/mol. The minimum absolute atomic E-state index is 0. The van der Waals surface area contributed by atoms with Gasteiger partial charge in [0, 0.05) is 24.0 Å². The zero-order valence-corrected chi connectivity index (χ0v) is 20.4. The van der Waals surface area contributed by atoms with Crippen LogP contribution in [0.1, 0.15) is 44.9 Å². The molecule has 180 valence electrons. The van der Waals surface area contributed by atoms with Crippen LogP contribution >= 0.6 is 24.8 Å². The van der Waals surface area contributed by atoms with E-state index in [4.69, 9.17) is 4.74 Å². The first kappa shape index (κ1) is 26.7. The van der Waals surface area contributed by atoms with Crippen LogP contribution in [0.15, 0.2) is 12.4 Å². The standard InChI is InChI=1S/C21H29F3N4O2S.H2S/c1-4-30-20(29)17(13(2)3)27-14-6-5-8-28(9-7-14)18-16-10-15(11-21(22,23)24)31-19(16)26-12-25-18;/h10,12-14,17,27H,4-9,11H2,1-3H3;1H2/t14?,17-;/m0./s1. The first-order valence-corrected chi connectivity index (χ1v) is 11.5. The highest BCUT2D eigenvalue weighted by atomic mass is 32.1. The van der Waals surface area contributed by atoms with Gasteiger partial charge in [-0.15, -0.1) is 11.3 Å². The molecule has 0 saturated carbocycles. The number of hydrogen-bond donors (Lipinski definition) is 1. The summed E-state index contributed by atoms with van der Waals surface area (Å²) in [6.07, 6.45) is -1.20. The van der Waals surface area contributed by atoms with Gasteiger partial charge in [-0.2, -0.15) is 26.7 Å². The Morgan fingerprint density at radius 3 is 2.72 bits per heavy atom. The van der Waals surface area contributed by atoms with Crippen LogP contribution in [0.3, 0.4) is 0 Å². The molecular formula is C21H31F3N4O2S2. The second-order valence-electron chi connectivity index (χ2n) is 8.18. The fourth-order valence-electron chi connectivity index (χ4n) is 3.92. The van der Waals surface area contributed by atoms with Crippen molar-refractivity contribution in [1.82, 2.24) is 15.3 Å². The highest BCUT2D eigenvalue weighted by Crippen LogP contribution is 2.34. The average molecular weight is 493 g/mol. The summed E-state index contributed by atoms with van der Waals surface area (Å²) in [4.78, 5) is 23.8. The van der Waals surface area contributed by atoms with E-state index in [1.54, 1.807) is 13.0 Å². The Kier molecular flexibility index (Phi) is 9.59. The number of aromatic nitrogens is 2. The van der Waals surface area contributed by atoms with Gasteiger partial charge < -0.3 is 15.0 Å². The number of thiophene rings is 1. The smallest absolute Gasteiger partial charge is 0.393 e. The van der Waals surface area contributed by atoms with E-state index in [1.165, 1.54) is 6.33 Å². The molecule has 1 fully saturated rings. The molecule has 0 radical (unpaired) electrons. The van der Waals surface area contributed by atoms with Crippen LogP contribution < -0.4 is 10.2 Å². The molecule has 3 heterocycles. The van der Waals surface area contributed by atoms with E-state index in [-0.39, 0.29) is 42.3 Å². The monoisotopic (exact) mass is 492 g/mol. The van der Waals surface area contributed by atoms with Gasteiger partial charge in [0.05, 0.1) is 18.4 Å². The molecule has 0 bridgehead atoms. The molecule has 11 heteroatoms. The van der Waals surface area contributed by atoms with E-state index in [0.29, 0.717) is 29.2 Å². The third-order valence-electron chi connectivity index (χ3n) is 5.38. The molecule has 6 nitrogen and oxygen atoms in total. The number of fused-ring (bicyclic) bond motifs is 1. The fourth-order valence-corrected chi connectivity index (χ4v) is 4.94. The number of ether oxygens (including phenoxy) is 1. The number of nitrogens with zero attached hydrogens (tertiary/aromatic N) is 3. The van der Waals surface area contributed by atoms with Gasteiger partial charge in [0.25, 0.3) is 0 Å². The van der Waals surface area contributed by atoms with E-state index in [9.17, 15) is 18.0 Å². The molecule has 2 aromatic rings. The Balaban J connectivity index is 0.00000363. The van der Waals surface area contributed by atoms with Gasteiger partial charge in [0.2, 0.25) is 0 Å². The summed E-state index contributed by atoms with van der Waals surface area (Å²) in [7, 11) is 0. The summed E-state index contributed by atoms with van der Waals surface area (Å²) < 4.78 is 43.6. The maximum atomic E-state index is 12.8. The lowest BCUT2D eigenvalue weighted by Gasteiger charge is -2.26. The molecule has 0 aliphatic carbocycles. The van der Waals surface area contributed by atoms with Crippen LogP contribution in [0.5, 0.6) is 0 Å². The largest absolute Gasteiger partial charge is 0.465 e. The quantitative estimate of drug-likeness (QED) is 0.577. The van der Waals surface area contributed by atoms with Crippen molar-refractivity contribution >= 4 is 46.8 Å². The van der Waals surface area contributed by atoms with Crippen LogP contribution in [0, 0.1) is 5.92 Å². The van der Waals surface area contributed by atoms with Gasteiger partial charge in [0.15, 0.2) is 0 Å². The number of esters is 1. The summed E-state index contributed by atoms with van der Waals surface area (Å²) in [6.45, 7) is 7.58. The number of carbonyl (C=O) groups is 1. The molecule has 1 saturated heterocycles. The molecule has 1 aliphatic heterocycles. The normalized spacial score (nSPS) is 18.3. The molecule has 1 unspecified atom stereocenters. The highest BCUT2D eigenvalue weighted by molar-refractivity contribution is 7.59. The maximum Gasteiger partial charge on any atom is 0.393 e. The first-order chi connectivity index (χ1) is 14.7. The molecule has 0 amide bonds. The van der Waals surface area contributed by atoms with Crippen molar-refractivity contribution in [3.05, 3.63) is 17.3 Å². The summed E-state index contributed by atoms with van der Waals surface area (Å²) in [5, 5.41) is 4.13. The first-order valence-electron chi connectivity index (χ1n) is 10.7. The molecule has 1 aliphatic rings. The third kappa shape index (κ3) is 6.95. The van der Waals surface area contributed by atoms with Gasteiger partial charge in [-0.1, -0.05) is 13.8 Å².